The van der Waals surface area contributed by atoms with Crippen molar-refractivity contribution < 1.29 is 9.90 Å². The van der Waals surface area contributed by atoms with Crippen molar-refractivity contribution in [2.45, 2.75) is 18.4 Å². The molecule has 0 aliphatic carbocycles. The van der Waals surface area contributed by atoms with E-state index in [0.29, 0.717) is 5.56 Å². The fourth-order valence-corrected chi connectivity index (χ4v) is 1.27. The summed E-state index contributed by atoms with van der Waals surface area (Å²) in [6.07, 6.45) is 0. The number of Topliss-reactive ketones (excluding diaryl/α,β-unsaturated/α-hetero) is 1. The molecular weight excluding hydrogens is 232 g/mol. The van der Waals surface area contributed by atoms with Crippen molar-refractivity contribution in [2.24, 2.45) is 0 Å². The first-order valence-electron chi connectivity index (χ1n) is 4.03. The average molecular weight is 243 g/mol. The van der Waals surface area contributed by atoms with E-state index in [1.54, 1.807) is 31.2 Å². The Morgan fingerprint density at radius 1 is 1.46 bits per heavy atom. The summed E-state index contributed by atoms with van der Waals surface area (Å²) < 4.78 is 0. The Balaban J connectivity index is 2.86. The van der Waals surface area contributed by atoms with Crippen molar-refractivity contribution in [3.05, 3.63) is 35.4 Å². The Morgan fingerprint density at radius 3 is 2.38 bits per heavy atom. The molecule has 1 aromatic rings. The van der Waals surface area contributed by atoms with Crippen LogP contribution in [0.4, 0.5) is 0 Å². The maximum atomic E-state index is 11.4. The molecule has 0 spiro atoms. The van der Waals surface area contributed by atoms with Crippen LogP contribution in [0.2, 0.25) is 0 Å². The minimum atomic E-state index is -0.160. The first-order chi connectivity index (χ1) is 6.15. The van der Waals surface area contributed by atoms with Crippen molar-refractivity contribution in [1.82, 2.24) is 0 Å². The molecule has 0 saturated heterocycles. The number of carbonyl (C=O) groups is 1. The standard InChI is InChI=1S/C10H11BrO2/c1-7(11)10(13)9-4-2-8(6-12)3-5-9/h2-5,7,12H,6H2,1H3. The van der Waals surface area contributed by atoms with Crippen LogP contribution in [-0.2, 0) is 6.61 Å². The number of alkyl halides is 1. The summed E-state index contributed by atoms with van der Waals surface area (Å²) in [5.74, 6) is 0.0597. The van der Waals surface area contributed by atoms with Gasteiger partial charge in [0.1, 0.15) is 0 Å². The monoisotopic (exact) mass is 242 g/mol. The van der Waals surface area contributed by atoms with Gasteiger partial charge in [0.2, 0.25) is 0 Å². The first kappa shape index (κ1) is 10.4. The molecule has 0 fully saturated rings. The highest BCUT2D eigenvalue weighted by Gasteiger charge is 2.10. The number of rotatable bonds is 3. The lowest BCUT2D eigenvalue weighted by molar-refractivity contribution is 0.0996. The summed E-state index contributed by atoms with van der Waals surface area (Å²) in [6, 6.07) is 6.96. The van der Waals surface area contributed by atoms with E-state index in [1.807, 2.05) is 0 Å². The van der Waals surface area contributed by atoms with Gasteiger partial charge in [-0.2, -0.15) is 0 Å². The lowest BCUT2D eigenvalue weighted by Crippen LogP contribution is -2.09. The van der Waals surface area contributed by atoms with Gasteiger partial charge < -0.3 is 5.11 Å². The molecule has 3 heteroatoms. The fraction of sp³-hybridized carbons (Fsp3) is 0.300. The summed E-state index contributed by atoms with van der Waals surface area (Å²) in [7, 11) is 0. The quantitative estimate of drug-likeness (QED) is 0.652. The molecule has 0 radical (unpaired) electrons. The molecule has 0 saturated carbocycles. The second-order valence-electron chi connectivity index (χ2n) is 2.84. The van der Waals surface area contributed by atoms with Crippen LogP contribution in [0.25, 0.3) is 0 Å². The third-order valence-corrected chi connectivity index (χ3v) is 2.20. The largest absolute Gasteiger partial charge is 0.392 e. The van der Waals surface area contributed by atoms with E-state index in [0.717, 1.165) is 5.56 Å². The fourth-order valence-electron chi connectivity index (χ4n) is 1.00. The molecule has 1 aromatic carbocycles. The van der Waals surface area contributed by atoms with Crippen molar-refractivity contribution >= 4 is 21.7 Å². The SMILES string of the molecule is CC(Br)C(=O)c1ccc(CO)cc1. The smallest absolute Gasteiger partial charge is 0.176 e. The maximum absolute atomic E-state index is 11.4. The second kappa shape index (κ2) is 4.53. The van der Waals surface area contributed by atoms with Gasteiger partial charge in [-0.15, -0.1) is 0 Å². The van der Waals surface area contributed by atoms with Crippen molar-refractivity contribution in [3.63, 3.8) is 0 Å². The number of aliphatic hydroxyl groups excluding tert-OH is 1. The molecule has 2 nitrogen and oxygen atoms in total. The van der Waals surface area contributed by atoms with Crippen LogP contribution in [-0.4, -0.2) is 15.7 Å². The zero-order chi connectivity index (χ0) is 9.84. The molecule has 70 valence electrons. The van der Waals surface area contributed by atoms with Crippen LogP contribution in [0.3, 0.4) is 0 Å². The topological polar surface area (TPSA) is 37.3 Å². The van der Waals surface area contributed by atoms with Crippen LogP contribution in [0.1, 0.15) is 22.8 Å². The maximum Gasteiger partial charge on any atom is 0.176 e. The van der Waals surface area contributed by atoms with E-state index in [1.165, 1.54) is 0 Å². The molecule has 0 amide bonds. The lowest BCUT2D eigenvalue weighted by atomic mass is 10.1. The summed E-state index contributed by atoms with van der Waals surface area (Å²) in [5, 5.41) is 8.78. The van der Waals surface area contributed by atoms with Crippen LogP contribution in [0.5, 0.6) is 0 Å². The van der Waals surface area contributed by atoms with E-state index in [9.17, 15) is 4.79 Å². The number of ketones is 1. The Hall–Kier alpha value is -0.670. The molecule has 1 rings (SSSR count). The molecule has 1 unspecified atom stereocenters. The molecule has 0 bridgehead atoms. The van der Waals surface area contributed by atoms with Crippen molar-refractivity contribution in [1.29, 1.82) is 0 Å². The number of hydrogen-bond acceptors (Lipinski definition) is 2. The van der Waals surface area contributed by atoms with Crippen LogP contribution < -0.4 is 0 Å². The minimum absolute atomic E-state index is 0.0122. The summed E-state index contributed by atoms with van der Waals surface area (Å²) in [6.45, 7) is 1.81. The molecule has 0 aromatic heterocycles. The van der Waals surface area contributed by atoms with E-state index in [2.05, 4.69) is 15.9 Å². The van der Waals surface area contributed by atoms with Gasteiger partial charge >= 0.3 is 0 Å². The summed E-state index contributed by atoms with van der Waals surface area (Å²) >= 11 is 3.21. The van der Waals surface area contributed by atoms with Gasteiger partial charge in [0.25, 0.3) is 0 Å². The van der Waals surface area contributed by atoms with Gasteiger partial charge in [-0.05, 0) is 12.5 Å². The zero-order valence-corrected chi connectivity index (χ0v) is 8.91. The van der Waals surface area contributed by atoms with Gasteiger partial charge in [0.15, 0.2) is 5.78 Å². The highest BCUT2D eigenvalue weighted by Crippen LogP contribution is 2.10. The average Bonchev–Trinajstić information content (AvgIpc) is 2.17. The zero-order valence-electron chi connectivity index (χ0n) is 7.33. The predicted octanol–water partition coefficient (Wildman–Crippen LogP) is 2.14. The Morgan fingerprint density at radius 2 is 2.00 bits per heavy atom. The second-order valence-corrected chi connectivity index (χ2v) is 4.21. The first-order valence-corrected chi connectivity index (χ1v) is 4.95. The van der Waals surface area contributed by atoms with E-state index >= 15 is 0 Å². The van der Waals surface area contributed by atoms with Crippen molar-refractivity contribution in [2.75, 3.05) is 0 Å². The third-order valence-electron chi connectivity index (χ3n) is 1.78. The number of carbonyl (C=O) groups excluding carboxylic acids is 1. The van der Waals surface area contributed by atoms with Gasteiger partial charge in [0.05, 0.1) is 11.4 Å². The Kier molecular flexibility index (Phi) is 3.63. The molecule has 0 aliphatic heterocycles. The summed E-state index contributed by atoms with van der Waals surface area (Å²) in [4.78, 5) is 11.3. The van der Waals surface area contributed by atoms with Gasteiger partial charge in [-0.25, -0.2) is 0 Å². The van der Waals surface area contributed by atoms with Crippen LogP contribution in [0.15, 0.2) is 24.3 Å². The molecule has 1 N–H and O–H groups in total. The molecule has 0 aliphatic rings. The Bertz CT molecular complexity index is 290. The number of halogens is 1. The molecule has 13 heavy (non-hydrogen) atoms. The van der Waals surface area contributed by atoms with Gasteiger partial charge in [-0.1, -0.05) is 40.2 Å². The minimum Gasteiger partial charge on any atom is -0.392 e. The Labute approximate surface area is 85.7 Å². The third kappa shape index (κ3) is 2.64. The number of aliphatic hydroxyl groups is 1. The van der Waals surface area contributed by atoms with Gasteiger partial charge in [0, 0.05) is 5.56 Å². The molecule has 1 atom stereocenters. The number of hydrogen-bond donors (Lipinski definition) is 1. The predicted molar refractivity (Wildman–Crippen MR) is 55.1 cm³/mol. The highest BCUT2D eigenvalue weighted by atomic mass is 79.9. The van der Waals surface area contributed by atoms with Crippen molar-refractivity contribution in [3.8, 4) is 0 Å². The van der Waals surface area contributed by atoms with Crippen LogP contribution >= 0.6 is 15.9 Å². The van der Waals surface area contributed by atoms with Crippen LogP contribution in [0, 0.1) is 0 Å². The normalized spacial score (nSPS) is 12.5. The van der Waals surface area contributed by atoms with E-state index in [-0.39, 0.29) is 17.2 Å². The van der Waals surface area contributed by atoms with E-state index < -0.39 is 0 Å². The van der Waals surface area contributed by atoms with Gasteiger partial charge in [-0.3, -0.25) is 4.79 Å². The molecule has 0 heterocycles. The number of benzene rings is 1. The molecular formula is C10H11BrO2. The highest BCUT2D eigenvalue weighted by molar-refractivity contribution is 9.10. The lowest BCUT2D eigenvalue weighted by Gasteiger charge is -2.03. The van der Waals surface area contributed by atoms with E-state index in [4.69, 9.17) is 5.11 Å². The summed E-state index contributed by atoms with van der Waals surface area (Å²) in [5.41, 5.74) is 1.49.